The van der Waals surface area contributed by atoms with Gasteiger partial charge in [-0.2, -0.15) is 0 Å². The van der Waals surface area contributed by atoms with Gasteiger partial charge in [0.25, 0.3) is 0 Å². The number of amides is 2. The Kier molecular flexibility index (Phi) is 5.46. The van der Waals surface area contributed by atoms with E-state index < -0.39 is 15.9 Å². The van der Waals surface area contributed by atoms with Gasteiger partial charge in [0.1, 0.15) is 9.92 Å². The van der Waals surface area contributed by atoms with E-state index in [0.717, 1.165) is 56.3 Å². The number of carbonyl (C=O) groups is 1. The first-order chi connectivity index (χ1) is 13.8. The number of hydrogen-bond acceptors (Lipinski definition) is 3. The van der Waals surface area contributed by atoms with Crippen molar-refractivity contribution in [2.75, 3.05) is 19.4 Å². The molecule has 0 aromatic heterocycles. The molecule has 2 aliphatic rings. The highest BCUT2D eigenvalue weighted by molar-refractivity contribution is 7.91. The topological polar surface area (TPSA) is 87.8 Å². The van der Waals surface area contributed by atoms with Crippen molar-refractivity contribution in [1.82, 2.24) is 4.90 Å². The summed E-state index contributed by atoms with van der Waals surface area (Å²) in [6.07, 6.45) is 6.23. The number of nitrogens with one attached hydrogen (secondary N) is 1. The minimum Gasteiger partial charge on any atom is -0.305 e. The molecule has 2 aromatic rings. The van der Waals surface area contributed by atoms with Gasteiger partial charge in [-0.05, 0) is 92.6 Å². The number of aryl methyl sites for hydroxylation is 2. The molecule has 154 valence electrons. The molecule has 7 heteroatoms. The maximum atomic E-state index is 12.9. The molecule has 0 bridgehead atoms. The van der Waals surface area contributed by atoms with Crippen LogP contribution in [0.5, 0.6) is 0 Å². The first kappa shape index (κ1) is 20.1. The van der Waals surface area contributed by atoms with Crippen molar-refractivity contribution in [3.63, 3.8) is 0 Å². The normalized spacial score (nSPS) is 17.0. The van der Waals surface area contributed by atoms with Crippen LogP contribution in [0.3, 0.4) is 0 Å². The largest absolute Gasteiger partial charge is 0.354 e. The van der Waals surface area contributed by atoms with E-state index >= 15 is 0 Å². The summed E-state index contributed by atoms with van der Waals surface area (Å²) in [6, 6.07) is 8.78. The lowest BCUT2D eigenvalue weighted by Gasteiger charge is -2.15. The molecule has 1 unspecified atom stereocenters. The minimum atomic E-state index is -3.30. The number of hydrogen-bond donors (Lipinski definition) is 2. The molecular weight excluding hydrogens is 384 g/mol. The lowest BCUT2D eigenvalue weighted by Crippen LogP contribution is -2.19. The maximum Gasteiger partial charge on any atom is 0.354 e. The first-order valence-corrected chi connectivity index (χ1v) is 11.7. The number of nitrogens with two attached hydrogens (primary N) is 1. The van der Waals surface area contributed by atoms with Crippen LogP contribution in [-0.4, -0.2) is 29.2 Å². The Bertz CT molecular complexity index is 1030. The fourth-order valence-corrected chi connectivity index (χ4v) is 5.35. The predicted molar refractivity (Wildman–Crippen MR) is 116 cm³/mol. The number of carbonyl (C=O) groups excluding carboxylic acids is 1. The second-order valence-corrected chi connectivity index (χ2v) is 10.00. The molecule has 0 aliphatic heterocycles. The molecule has 29 heavy (non-hydrogen) atoms. The summed E-state index contributed by atoms with van der Waals surface area (Å²) in [5.74, 6) is 0. The first-order valence-electron chi connectivity index (χ1n) is 10.1. The molecule has 0 radical (unpaired) electrons. The molecule has 0 heterocycles. The molecule has 2 aromatic carbocycles. The van der Waals surface area contributed by atoms with Gasteiger partial charge in [0, 0.05) is 12.2 Å². The number of benzene rings is 2. The summed E-state index contributed by atoms with van der Waals surface area (Å²) in [5, 5.41) is 8.89. The summed E-state index contributed by atoms with van der Waals surface area (Å²) in [7, 11) is 0.662. The molecule has 1 atom stereocenters. The predicted octanol–water partition coefficient (Wildman–Crippen LogP) is 3.66. The van der Waals surface area contributed by atoms with Crippen molar-refractivity contribution in [2.45, 2.75) is 50.0 Å². The van der Waals surface area contributed by atoms with Gasteiger partial charge in [0.15, 0.2) is 0 Å². The lowest BCUT2D eigenvalue weighted by molar-refractivity contribution is 0.260. The second-order valence-electron chi connectivity index (χ2n) is 8.21. The Morgan fingerprint density at radius 2 is 1.66 bits per heavy atom. The van der Waals surface area contributed by atoms with Gasteiger partial charge in [0.05, 0.1) is 4.90 Å². The highest BCUT2D eigenvalue weighted by Gasteiger charge is 2.25. The third kappa shape index (κ3) is 4.22. The third-order valence-electron chi connectivity index (χ3n) is 5.68. The molecule has 0 saturated carbocycles. The zero-order chi connectivity index (χ0) is 20.6. The smallest absolute Gasteiger partial charge is 0.305 e. The van der Waals surface area contributed by atoms with Crippen LogP contribution >= 0.6 is 0 Å². The van der Waals surface area contributed by atoms with E-state index in [1.54, 1.807) is 12.1 Å². The van der Waals surface area contributed by atoms with Crippen LogP contribution in [0.2, 0.25) is 0 Å². The Balaban J connectivity index is 1.59. The van der Waals surface area contributed by atoms with Crippen LogP contribution < -0.4 is 10.5 Å². The SMILES string of the molecule is CN(C)Cc1ccc(S(N)(=O)=NC(=O)Nc2c3c(cc4c2CCC4)CCC3)cc1. The van der Waals surface area contributed by atoms with Crippen molar-refractivity contribution in [1.29, 1.82) is 0 Å². The quantitative estimate of drug-likeness (QED) is 0.803. The Morgan fingerprint density at radius 3 is 2.21 bits per heavy atom. The van der Waals surface area contributed by atoms with E-state index in [2.05, 4.69) is 15.7 Å². The molecule has 0 fully saturated rings. The van der Waals surface area contributed by atoms with Crippen molar-refractivity contribution < 1.29 is 9.00 Å². The van der Waals surface area contributed by atoms with Gasteiger partial charge in [-0.3, -0.25) is 0 Å². The standard InChI is InChI=1S/C22H28N4O2S/c1-26(2)14-15-9-11-18(12-10-15)29(23,28)25-22(27)24-21-19-7-3-5-16(19)13-17-6-4-8-20(17)21/h9-13H,3-8,14H2,1-2H3,(H3,23,24,25,27,28). The zero-order valence-corrected chi connectivity index (χ0v) is 17.8. The fourth-order valence-electron chi connectivity index (χ4n) is 4.43. The van der Waals surface area contributed by atoms with Crippen LogP contribution in [-0.2, 0) is 42.1 Å². The highest BCUT2D eigenvalue weighted by Crippen LogP contribution is 2.38. The van der Waals surface area contributed by atoms with E-state index in [-0.39, 0.29) is 0 Å². The van der Waals surface area contributed by atoms with E-state index in [0.29, 0.717) is 4.90 Å². The average molecular weight is 413 g/mol. The fraction of sp³-hybridized carbons (Fsp3) is 0.409. The van der Waals surface area contributed by atoms with Gasteiger partial charge < -0.3 is 10.2 Å². The van der Waals surface area contributed by atoms with Gasteiger partial charge in [-0.1, -0.05) is 18.2 Å². The molecule has 2 amide bonds. The number of fused-ring (bicyclic) bond motifs is 2. The van der Waals surface area contributed by atoms with E-state index in [1.807, 2.05) is 31.1 Å². The molecule has 0 saturated heterocycles. The Hall–Kier alpha value is -2.22. The number of urea groups is 1. The van der Waals surface area contributed by atoms with E-state index in [9.17, 15) is 9.00 Å². The van der Waals surface area contributed by atoms with Crippen LogP contribution in [0, 0.1) is 0 Å². The summed E-state index contributed by atoms with van der Waals surface area (Å²) >= 11 is 0. The van der Waals surface area contributed by atoms with Gasteiger partial charge in [-0.25, -0.2) is 14.1 Å². The number of rotatable bonds is 4. The summed E-state index contributed by atoms with van der Waals surface area (Å²) in [5.41, 5.74) is 7.04. The maximum absolute atomic E-state index is 12.9. The zero-order valence-electron chi connectivity index (χ0n) is 17.0. The monoisotopic (exact) mass is 412 g/mol. The van der Waals surface area contributed by atoms with Crippen molar-refractivity contribution >= 4 is 21.6 Å². The van der Waals surface area contributed by atoms with E-state index in [4.69, 9.17) is 5.14 Å². The summed E-state index contributed by atoms with van der Waals surface area (Å²) < 4.78 is 16.8. The van der Waals surface area contributed by atoms with Crippen LogP contribution in [0.4, 0.5) is 10.5 Å². The Labute approximate surface area is 172 Å². The van der Waals surface area contributed by atoms with Gasteiger partial charge in [-0.15, -0.1) is 4.36 Å². The molecular formula is C22H28N4O2S. The molecule has 6 nitrogen and oxygen atoms in total. The summed E-state index contributed by atoms with van der Waals surface area (Å²) in [6.45, 7) is 0.772. The van der Waals surface area contributed by atoms with Crippen LogP contribution in [0.15, 0.2) is 39.6 Å². The van der Waals surface area contributed by atoms with Crippen molar-refractivity contribution in [2.24, 2.45) is 9.50 Å². The highest BCUT2D eigenvalue weighted by atomic mass is 32.2. The summed E-state index contributed by atoms with van der Waals surface area (Å²) in [4.78, 5) is 15.1. The molecule has 4 rings (SSSR count). The number of nitrogens with zero attached hydrogens (tertiary/aromatic N) is 2. The van der Waals surface area contributed by atoms with E-state index in [1.165, 1.54) is 22.3 Å². The average Bonchev–Trinajstić information content (AvgIpc) is 3.30. The van der Waals surface area contributed by atoms with Crippen molar-refractivity contribution in [3.05, 3.63) is 58.1 Å². The molecule has 3 N–H and O–H groups in total. The second kappa shape index (κ2) is 7.89. The Morgan fingerprint density at radius 1 is 1.07 bits per heavy atom. The van der Waals surface area contributed by atoms with Crippen LogP contribution in [0.25, 0.3) is 0 Å². The molecule has 0 spiro atoms. The molecule has 2 aliphatic carbocycles. The number of anilines is 1. The van der Waals surface area contributed by atoms with Gasteiger partial charge in [0.2, 0.25) is 0 Å². The van der Waals surface area contributed by atoms with Crippen LogP contribution in [0.1, 0.15) is 40.7 Å². The lowest BCUT2D eigenvalue weighted by atomic mass is 9.99. The minimum absolute atomic E-state index is 0.360. The van der Waals surface area contributed by atoms with Crippen molar-refractivity contribution in [3.8, 4) is 0 Å². The third-order valence-corrected chi connectivity index (χ3v) is 7.07. The van der Waals surface area contributed by atoms with Gasteiger partial charge >= 0.3 is 6.03 Å².